The number of rotatable bonds is 4. The van der Waals surface area contributed by atoms with E-state index < -0.39 is 0 Å². The largest absolute Gasteiger partial charge is 0.466 e. The Bertz CT molecular complexity index is 909. The van der Waals surface area contributed by atoms with Gasteiger partial charge >= 0.3 is 5.97 Å². The van der Waals surface area contributed by atoms with Crippen molar-refractivity contribution in [2.24, 2.45) is 0 Å². The molecular formula is C24H29N3O4. The van der Waals surface area contributed by atoms with E-state index in [1.807, 2.05) is 67.6 Å². The van der Waals surface area contributed by atoms with E-state index in [4.69, 9.17) is 20.4 Å². The Morgan fingerprint density at radius 1 is 1.13 bits per heavy atom. The van der Waals surface area contributed by atoms with Crippen molar-refractivity contribution in [1.82, 2.24) is 0 Å². The van der Waals surface area contributed by atoms with Crippen molar-refractivity contribution in [2.45, 2.75) is 20.8 Å². The molecule has 1 aromatic carbocycles. The first kappa shape index (κ1) is 27.2. The number of nitriles is 2. The van der Waals surface area contributed by atoms with Gasteiger partial charge in [-0.15, -0.1) is 0 Å². The average molecular weight is 424 g/mol. The van der Waals surface area contributed by atoms with E-state index in [1.54, 1.807) is 26.0 Å². The van der Waals surface area contributed by atoms with E-state index in [9.17, 15) is 4.79 Å². The number of esters is 1. The average Bonchev–Trinajstić information content (AvgIpc) is 2.75. The van der Waals surface area contributed by atoms with Crippen molar-refractivity contribution in [3.05, 3.63) is 70.7 Å². The summed E-state index contributed by atoms with van der Waals surface area (Å²) < 4.78 is 10.0. The van der Waals surface area contributed by atoms with Gasteiger partial charge in [-0.2, -0.15) is 10.5 Å². The second-order valence-corrected chi connectivity index (χ2v) is 6.20. The molecule has 0 aliphatic carbocycles. The quantitative estimate of drug-likeness (QED) is 0.574. The monoisotopic (exact) mass is 423 g/mol. The Hall–Kier alpha value is -3.81. The summed E-state index contributed by atoms with van der Waals surface area (Å²) in [4.78, 5) is 11.9. The second-order valence-electron chi connectivity index (χ2n) is 6.20. The van der Waals surface area contributed by atoms with Crippen molar-refractivity contribution >= 4 is 17.7 Å². The number of allylic oxidation sites excluding steroid dienone is 6. The fourth-order valence-electron chi connectivity index (χ4n) is 2.30. The number of hydrogen-bond acceptors (Lipinski definition) is 7. The van der Waals surface area contributed by atoms with Crippen LogP contribution in [0.2, 0.25) is 0 Å². The molecule has 2 rings (SSSR count). The number of benzene rings is 1. The minimum Gasteiger partial charge on any atom is -0.466 e. The summed E-state index contributed by atoms with van der Waals surface area (Å²) in [6, 6.07) is 11.9. The van der Waals surface area contributed by atoms with Crippen molar-refractivity contribution in [3.8, 4) is 12.1 Å². The Morgan fingerprint density at radius 3 is 2.13 bits per heavy atom. The number of anilines is 1. The third-order valence-electron chi connectivity index (χ3n) is 3.64. The van der Waals surface area contributed by atoms with Gasteiger partial charge < -0.3 is 19.5 Å². The molecule has 1 aliphatic rings. The Labute approximate surface area is 184 Å². The van der Waals surface area contributed by atoms with Gasteiger partial charge in [-0.05, 0) is 49.8 Å². The van der Waals surface area contributed by atoms with Crippen LogP contribution in [0.4, 0.5) is 5.69 Å². The van der Waals surface area contributed by atoms with E-state index in [0.717, 1.165) is 18.4 Å². The lowest BCUT2D eigenvalue weighted by molar-refractivity contribution is -0.140. The van der Waals surface area contributed by atoms with Gasteiger partial charge in [0.1, 0.15) is 29.2 Å². The summed E-state index contributed by atoms with van der Waals surface area (Å²) in [7, 11) is 4.99. The van der Waals surface area contributed by atoms with E-state index in [1.165, 1.54) is 6.92 Å². The van der Waals surface area contributed by atoms with Crippen LogP contribution >= 0.6 is 0 Å². The van der Waals surface area contributed by atoms with Gasteiger partial charge in [0.05, 0.1) is 6.61 Å². The minimum atomic E-state index is -0.211. The number of carbonyl (C=O) groups is 1. The van der Waals surface area contributed by atoms with Crippen LogP contribution < -0.4 is 4.90 Å². The molecule has 1 aromatic rings. The van der Waals surface area contributed by atoms with Crippen LogP contribution in [-0.4, -0.2) is 38.9 Å². The number of hydrogen-bond donors (Lipinski definition) is 1. The van der Waals surface area contributed by atoms with Crippen LogP contribution in [-0.2, 0) is 14.3 Å². The van der Waals surface area contributed by atoms with Crippen molar-refractivity contribution in [1.29, 1.82) is 10.5 Å². The molecule has 0 unspecified atom stereocenters. The first-order valence-corrected chi connectivity index (χ1v) is 9.46. The van der Waals surface area contributed by atoms with E-state index >= 15 is 0 Å². The first-order chi connectivity index (χ1) is 14.8. The fraction of sp³-hybridized carbons (Fsp3) is 0.292. The van der Waals surface area contributed by atoms with Gasteiger partial charge in [0, 0.05) is 39.4 Å². The Kier molecular flexibility index (Phi) is 13.2. The lowest BCUT2D eigenvalue weighted by Gasteiger charge is -2.13. The summed E-state index contributed by atoms with van der Waals surface area (Å²) in [5, 5.41) is 25.0. The molecular weight excluding hydrogens is 394 g/mol. The summed E-state index contributed by atoms with van der Waals surface area (Å²) in [5.41, 5.74) is 2.82. The molecule has 0 atom stereocenters. The predicted octanol–water partition coefficient (Wildman–Crippen LogP) is 4.11. The third-order valence-corrected chi connectivity index (χ3v) is 3.64. The van der Waals surface area contributed by atoms with Gasteiger partial charge in [-0.1, -0.05) is 18.2 Å². The topological polar surface area (TPSA) is 107 Å². The Balaban J connectivity index is 0.000000970. The molecule has 7 nitrogen and oxygen atoms in total. The number of carbonyl (C=O) groups excluding carboxylic acids is 1. The molecule has 0 fully saturated rings. The zero-order chi connectivity index (χ0) is 23.8. The third kappa shape index (κ3) is 10.5. The molecule has 0 spiro atoms. The van der Waals surface area contributed by atoms with Crippen LogP contribution in [0.1, 0.15) is 26.3 Å². The van der Waals surface area contributed by atoms with Crippen LogP contribution in [0.15, 0.2) is 65.2 Å². The minimum absolute atomic E-state index is 0.0777. The summed E-state index contributed by atoms with van der Waals surface area (Å²) in [6.07, 6.45) is 7.14. The van der Waals surface area contributed by atoms with Crippen molar-refractivity contribution in [2.75, 3.05) is 32.7 Å². The maximum Gasteiger partial charge on any atom is 0.302 e. The molecule has 31 heavy (non-hydrogen) atoms. The van der Waals surface area contributed by atoms with Gasteiger partial charge in [0.25, 0.3) is 0 Å². The van der Waals surface area contributed by atoms with Crippen LogP contribution in [0.5, 0.6) is 0 Å². The predicted molar refractivity (Wildman–Crippen MR) is 121 cm³/mol. The molecule has 7 heteroatoms. The standard InChI is InChI=1S/C19H17N3O.C4H8O2.CH4O/c1-14-10-16(17(12-20)13-21)11-19(23-14)9-6-15-4-7-18(8-5-15)22(2)3;1-3-6-4(2)5;1-2/h4-11H,1-3H3;3H2,1-2H3;2H,1H3/b9-6+;;. The zero-order valence-electron chi connectivity index (χ0n) is 18.8. The molecule has 0 bridgehead atoms. The van der Waals surface area contributed by atoms with Crippen LogP contribution in [0, 0.1) is 22.7 Å². The highest BCUT2D eigenvalue weighted by Gasteiger charge is 2.10. The maximum absolute atomic E-state index is 9.82. The number of nitrogens with zero attached hydrogens (tertiary/aromatic N) is 3. The van der Waals surface area contributed by atoms with E-state index in [2.05, 4.69) is 4.74 Å². The van der Waals surface area contributed by atoms with E-state index in [-0.39, 0.29) is 11.5 Å². The van der Waals surface area contributed by atoms with Crippen molar-refractivity contribution in [3.63, 3.8) is 0 Å². The fourth-order valence-corrected chi connectivity index (χ4v) is 2.30. The zero-order valence-corrected chi connectivity index (χ0v) is 18.8. The van der Waals surface area contributed by atoms with Gasteiger partial charge in [0.15, 0.2) is 0 Å². The molecule has 0 saturated heterocycles. The lowest BCUT2D eigenvalue weighted by Crippen LogP contribution is -2.07. The second kappa shape index (κ2) is 15.1. The molecule has 164 valence electrons. The number of aliphatic hydroxyl groups excluding tert-OH is 1. The lowest BCUT2D eigenvalue weighted by atomic mass is 10.1. The molecule has 0 aromatic heterocycles. The highest BCUT2D eigenvalue weighted by atomic mass is 16.5. The highest BCUT2D eigenvalue weighted by molar-refractivity contribution is 5.65. The molecule has 0 saturated carbocycles. The van der Waals surface area contributed by atoms with E-state index in [0.29, 0.717) is 23.7 Å². The molecule has 1 heterocycles. The highest BCUT2D eigenvalue weighted by Crippen LogP contribution is 2.23. The number of ether oxygens (including phenoxy) is 2. The Morgan fingerprint density at radius 2 is 1.71 bits per heavy atom. The summed E-state index contributed by atoms with van der Waals surface area (Å²) in [5.74, 6) is 1.03. The molecule has 0 radical (unpaired) electrons. The smallest absolute Gasteiger partial charge is 0.302 e. The van der Waals surface area contributed by atoms with Gasteiger partial charge in [-0.25, -0.2) is 0 Å². The van der Waals surface area contributed by atoms with Crippen LogP contribution in [0.25, 0.3) is 6.08 Å². The molecule has 0 amide bonds. The van der Waals surface area contributed by atoms with Crippen molar-refractivity contribution < 1.29 is 19.4 Å². The summed E-state index contributed by atoms with van der Waals surface area (Å²) in [6.45, 7) is 5.44. The maximum atomic E-state index is 9.82. The van der Waals surface area contributed by atoms with Crippen LogP contribution in [0.3, 0.4) is 0 Å². The molecule has 1 N–H and O–H groups in total. The van der Waals surface area contributed by atoms with Gasteiger partial charge in [-0.3, -0.25) is 4.79 Å². The normalized spacial score (nSPS) is 11.7. The summed E-state index contributed by atoms with van der Waals surface area (Å²) >= 11 is 0. The first-order valence-electron chi connectivity index (χ1n) is 9.46. The SMILES string of the molecule is CC1=CC(=C(C#N)C#N)C=C(/C=C/c2ccc(N(C)C)cc2)O1.CCOC(C)=O.CO. The number of aliphatic hydroxyl groups is 1. The van der Waals surface area contributed by atoms with Gasteiger partial charge in [0.2, 0.25) is 0 Å². The molecule has 1 aliphatic heterocycles.